The second-order valence-electron chi connectivity index (χ2n) is 9.50. The van der Waals surface area contributed by atoms with Crippen molar-refractivity contribution in [3.8, 4) is 0 Å². The summed E-state index contributed by atoms with van der Waals surface area (Å²) in [6, 6.07) is -6.03. The number of nitrogens with zero attached hydrogens (tertiary/aromatic N) is 2. The van der Waals surface area contributed by atoms with E-state index in [0.717, 1.165) is 4.90 Å². The Hall–Kier alpha value is -3.64. The van der Waals surface area contributed by atoms with Crippen molar-refractivity contribution in [1.82, 2.24) is 26.2 Å². The number of hydrogen-bond acceptors (Lipinski definition) is 10. The highest BCUT2D eigenvalue weighted by atomic mass is 32.1. The first-order valence-corrected chi connectivity index (χ1v) is 13.6. The molecule has 232 valence electrons. The van der Waals surface area contributed by atoms with Crippen LogP contribution in [0.4, 0.5) is 0 Å². The number of hydrogen-bond donors (Lipinski definition) is 10. The van der Waals surface area contributed by atoms with Crippen LogP contribution in [0.5, 0.6) is 0 Å². The molecule has 0 radical (unpaired) electrons. The third-order valence-electron chi connectivity index (χ3n) is 6.22. The minimum Gasteiger partial charge on any atom is -0.480 e. The molecule has 0 aromatic carbocycles. The molecule has 1 fully saturated rings. The average molecular weight is 604 g/mol. The van der Waals surface area contributed by atoms with E-state index < -0.39 is 71.8 Å². The molecule has 17 nitrogen and oxygen atoms in total. The Morgan fingerprint density at radius 3 is 2.17 bits per heavy atom. The molecule has 12 N–H and O–H groups in total. The Balaban J connectivity index is 2.84. The van der Waals surface area contributed by atoms with Crippen LogP contribution >= 0.6 is 12.6 Å². The van der Waals surface area contributed by atoms with Gasteiger partial charge in [0, 0.05) is 18.8 Å². The van der Waals surface area contributed by atoms with Crippen LogP contribution in [0.15, 0.2) is 4.99 Å². The van der Waals surface area contributed by atoms with Gasteiger partial charge in [0.1, 0.15) is 30.2 Å². The van der Waals surface area contributed by atoms with E-state index in [9.17, 15) is 39.0 Å². The number of aliphatic hydroxyl groups is 1. The second-order valence-corrected chi connectivity index (χ2v) is 9.87. The molecule has 0 aliphatic carbocycles. The maximum absolute atomic E-state index is 13.0. The van der Waals surface area contributed by atoms with Crippen molar-refractivity contribution < 1.29 is 39.0 Å². The van der Waals surface area contributed by atoms with Gasteiger partial charge in [-0.25, -0.2) is 4.79 Å². The van der Waals surface area contributed by atoms with Gasteiger partial charge in [-0.05, 0) is 39.5 Å². The molecule has 1 aliphatic heterocycles. The number of carbonyl (C=O) groups is 6. The van der Waals surface area contributed by atoms with Crippen LogP contribution in [-0.4, -0.2) is 118 Å². The third kappa shape index (κ3) is 11.4. The molecule has 1 rings (SSSR count). The minimum atomic E-state index is -1.47. The molecule has 1 saturated heterocycles. The molecule has 0 saturated carbocycles. The average Bonchev–Trinajstić information content (AvgIpc) is 3.41. The fraction of sp³-hybridized carbons (Fsp3) is 0.696. The SMILES string of the molecule is C[C@H](NC(=O)[C@H](CCCN=C(N)N)NC(=O)CN)C(=O)N[C@@H](CS)C(=O)N[C@H](C(=O)N1CCC[C@H]1C(=O)O)[C@@H](C)O. The summed E-state index contributed by atoms with van der Waals surface area (Å²) in [5.74, 6) is -5.22. The van der Waals surface area contributed by atoms with Gasteiger partial charge in [-0.15, -0.1) is 0 Å². The molecular formula is C23H41N9O8S. The van der Waals surface area contributed by atoms with E-state index in [1.54, 1.807) is 0 Å². The van der Waals surface area contributed by atoms with Gasteiger partial charge in [-0.3, -0.25) is 29.0 Å². The predicted octanol–water partition coefficient (Wildman–Crippen LogP) is -4.66. The summed E-state index contributed by atoms with van der Waals surface area (Å²) in [7, 11) is 0. The quantitative estimate of drug-likeness (QED) is 0.0346. The monoisotopic (exact) mass is 603 g/mol. The van der Waals surface area contributed by atoms with E-state index in [4.69, 9.17) is 17.2 Å². The molecule has 0 spiro atoms. The molecular weight excluding hydrogens is 562 g/mol. The summed E-state index contributed by atoms with van der Waals surface area (Å²) in [6.45, 7) is 2.60. The highest BCUT2D eigenvalue weighted by molar-refractivity contribution is 7.80. The number of likely N-dealkylation sites (tertiary alicyclic amines) is 1. The Labute approximate surface area is 242 Å². The number of carboxylic acids is 1. The lowest BCUT2D eigenvalue weighted by Gasteiger charge is -2.30. The summed E-state index contributed by atoms with van der Waals surface area (Å²) in [5.41, 5.74) is 15.9. The van der Waals surface area contributed by atoms with Crippen LogP contribution in [0.3, 0.4) is 0 Å². The number of carboxylic acid groups (broad SMARTS) is 1. The van der Waals surface area contributed by atoms with Crippen LogP contribution in [0, 0.1) is 0 Å². The normalized spacial score (nSPS) is 18.2. The lowest BCUT2D eigenvalue weighted by atomic mass is 10.1. The Morgan fingerprint density at radius 2 is 1.63 bits per heavy atom. The molecule has 5 amide bonds. The maximum Gasteiger partial charge on any atom is 0.326 e. The minimum absolute atomic E-state index is 0.130. The number of carbonyl (C=O) groups excluding carboxylic acids is 5. The van der Waals surface area contributed by atoms with E-state index >= 15 is 0 Å². The fourth-order valence-corrected chi connectivity index (χ4v) is 4.26. The number of amides is 5. The first kappa shape index (κ1) is 35.4. The number of rotatable bonds is 16. The molecule has 18 heteroatoms. The van der Waals surface area contributed by atoms with Crippen molar-refractivity contribution in [2.75, 3.05) is 25.4 Å². The predicted molar refractivity (Wildman–Crippen MR) is 150 cm³/mol. The van der Waals surface area contributed by atoms with Crippen molar-refractivity contribution in [3.63, 3.8) is 0 Å². The number of thiol groups is 1. The van der Waals surface area contributed by atoms with Gasteiger partial charge in [0.15, 0.2) is 5.96 Å². The molecule has 6 atom stereocenters. The Bertz CT molecular complexity index is 992. The molecule has 0 aromatic heterocycles. The van der Waals surface area contributed by atoms with Crippen LogP contribution in [0.2, 0.25) is 0 Å². The number of nitrogens with two attached hydrogens (primary N) is 3. The van der Waals surface area contributed by atoms with E-state index in [0.29, 0.717) is 12.8 Å². The zero-order valence-electron chi connectivity index (χ0n) is 23.0. The molecule has 41 heavy (non-hydrogen) atoms. The smallest absolute Gasteiger partial charge is 0.326 e. The standard InChI is InChI=1S/C23H41N9O8S/c1-11(28-19(36)13(29-16(34)9-24)5-3-7-27-23(25)26)18(35)30-14(10-41)20(37)31-17(12(2)33)21(38)32-8-4-6-15(32)22(39)40/h11-15,17,33,41H,3-10,24H2,1-2H3,(H,28,36)(H,29,34)(H,30,35)(H,31,37)(H,39,40)(H4,25,26,27)/t11-,12+,13-,14-,15-,17-/m0/s1. The fourth-order valence-electron chi connectivity index (χ4n) is 4.00. The van der Waals surface area contributed by atoms with E-state index in [2.05, 4.69) is 38.9 Å². The number of aliphatic carboxylic acids is 1. The number of nitrogens with one attached hydrogen (secondary N) is 4. The van der Waals surface area contributed by atoms with Crippen LogP contribution in [0.1, 0.15) is 39.5 Å². The first-order chi connectivity index (χ1) is 19.2. The highest BCUT2D eigenvalue weighted by Gasteiger charge is 2.40. The van der Waals surface area contributed by atoms with Gasteiger partial charge in [-0.1, -0.05) is 0 Å². The zero-order chi connectivity index (χ0) is 31.3. The Kier molecular flexibility index (Phi) is 14.9. The second kappa shape index (κ2) is 17.2. The summed E-state index contributed by atoms with van der Waals surface area (Å²) in [4.78, 5) is 79.6. The maximum atomic E-state index is 13.0. The van der Waals surface area contributed by atoms with Crippen molar-refractivity contribution in [1.29, 1.82) is 0 Å². The van der Waals surface area contributed by atoms with Crippen LogP contribution < -0.4 is 38.5 Å². The third-order valence-corrected chi connectivity index (χ3v) is 6.58. The van der Waals surface area contributed by atoms with Gasteiger partial charge in [-0.2, -0.15) is 12.6 Å². The van der Waals surface area contributed by atoms with Crippen molar-refractivity contribution in [2.45, 2.75) is 75.8 Å². The topological polar surface area (TPSA) is 285 Å². The van der Waals surface area contributed by atoms with Gasteiger partial charge in [0.2, 0.25) is 29.5 Å². The molecule has 0 unspecified atom stereocenters. The number of guanidine groups is 1. The van der Waals surface area contributed by atoms with Crippen molar-refractivity contribution >= 4 is 54.1 Å². The van der Waals surface area contributed by atoms with Gasteiger partial charge in [0.05, 0.1) is 12.6 Å². The summed E-state index contributed by atoms with van der Waals surface area (Å²) >= 11 is 4.08. The Morgan fingerprint density at radius 1 is 1.00 bits per heavy atom. The molecule has 1 aliphatic rings. The van der Waals surface area contributed by atoms with Crippen LogP contribution in [0.25, 0.3) is 0 Å². The van der Waals surface area contributed by atoms with E-state index in [1.807, 2.05) is 0 Å². The summed E-state index contributed by atoms with van der Waals surface area (Å²) in [5, 5.41) is 29.2. The van der Waals surface area contributed by atoms with Crippen molar-refractivity contribution in [3.05, 3.63) is 0 Å². The van der Waals surface area contributed by atoms with Gasteiger partial charge >= 0.3 is 5.97 Å². The van der Waals surface area contributed by atoms with Gasteiger partial charge in [0.25, 0.3) is 0 Å². The van der Waals surface area contributed by atoms with Crippen molar-refractivity contribution in [2.24, 2.45) is 22.2 Å². The molecule has 0 aromatic rings. The first-order valence-electron chi connectivity index (χ1n) is 13.0. The zero-order valence-corrected chi connectivity index (χ0v) is 23.9. The summed E-state index contributed by atoms with van der Waals surface area (Å²) in [6.07, 6.45) is -0.206. The number of aliphatic hydroxyl groups excluding tert-OH is 1. The molecule has 1 heterocycles. The summed E-state index contributed by atoms with van der Waals surface area (Å²) < 4.78 is 0. The highest BCUT2D eigenvalue weighted by Crippen LogP contribution is 2.19. The lowest BCUT2D eigenvalue weighted by molar-refractivity contribution is -0.150. The van der Waals surface area contributed by atoms with Gasteiger partial charge < -0.3 is 53.6 Å². The van der Waals surface area contributed by atoms with E-state index in [-0.39, 0.29) is 44.2 Å². The number of aliphatic imine (C=N–C) groups is 1. The van der Waals surface area contributed by atoms with E-state index in [1.165, 1.54) is 13.8 Å². The lowest BCUT2D eigenvalue weighted by Crippen LogP contribution is -2.60. The molecule has 0 bridgehead atoms. The van der Waals surface area contributed by atoms with Crippen LogP contribution in [-0.2, 0) is 28.8 Å². The largest absolute Gasteiger partial charge is 0.480 e.